The molecule has 3 aromatic rings. The lowest BCUT2D eigenvalue weighted by atomic mass is 10.2. The van der Waals surface area contributed by atoms with Gasteiger partial charge in [0, 0.05) is 18.3 Å². The van der Waals surface area contributed by atoms with E-state index in [0.717, 1.165) is 0 Å². The van der Waals surface area contributed by atoms with Crippen LogP contribution < -0.4 is 10.8 Å². The summed E-state index contributed by atoms with van der Waals surface area (Å²) >= 11 is 0. The number of nitrogens with two attached hydrogens (primary N) is 1. The Labute approximate surface area is 164 Å². The van der Waals surface area contributed by atoms with Crippen LogP contribution in [-0.4, -0.2) is 64.0 Å². The lowest BCUT2D eigenvalue weighted by Crippen LogP contribution is -2.37. The summed E-state index contributed by atoms with van der Waals surface area (Å²) in [4.78, 5) is 40.2. The molecule has 3 rings (SSSR count). The molecule has 0 aliphatic heterocycles. The number of aromatic nitrogens is 6. The molecule has 14 heteroatoms. The lowest BCUT2D eigenvalue weighted by Gasteiger charge is -2.21. The van der Waals surface area contributed by atoms with Gasteiger partial charge in [-0.2, -0.15) is 0 Å². The summed E-state index contributed by atoms with van der Waals surface area (Å²) in [6.45, 7) is 2.00. The van der Waals surface area contributed by atoms with Gasteiger partial charge >= 0.3 is 5.97 Å². The molecule has 3 aromatic heterocycles. The minimum atomic E-state index is -4.08. The van der Waals surface area contributed by atoms with Gasteiger partial charge in [0.25, 0.3) is 7.52 Å². The van der Waals surface area contributed by atoms with Crippen LogP contribution in [0.1, 0.15) is 12.6 Å². The van der Waals surface area contributed by atoms with Crippen molar-refractivity contribution < 1.29 is 24.1 Å². The molecular weight excluding hydrogens is 403 g/mol. The topological polar surface area (TPSA) is 194 Å². The molecule has 0 fully saturated rings. The van der Waals surface area contributed by atoms with Crippen LogP contribution in [0.5, 0.6) is 0 Å². The highest BCUT2D eigenvalue weighted by atomic mass is 31.2. The maximum Gasteiger partial charge on any atom is 0.321 e. The summed E-state index contributed by atoms with van der Waals surface area (Å²) < 4.78 is 19.5. The van der Waals surface area contributed by atoms with Gasteiger partial charge < -0.3 is 30.0 Å². The Kier molecular flexibility index (Phi) is 6.23. The van der Waals surface area contributed by atoms with Crippen molar-refractivity contribution in [2.24, 2.45) is 0 Å². The second-order valence-electron chi connectivity index (χ2n) is 6.44. The smallest absolute Gasteiger partial charge is 0.321 e. The zero-order valence-corrected chi connectivity index (χ0v) is 16.4. The minimum Gasteiger partial charge on any atom is -0.480 e. The summed E-state index contributed by atoms with van der Waals surface area (Å²) in [6.07, 6.45) is 4.61. The van der Waals surface area contributed by atoms with Crippen LogP contribution in [0.3, 0.4) is 0 Å². The molecule has 156 valence electrons. The molecule has 1 unspecified atom stereocenters. The second-order valence-corrected chi connectivity index (χ2v) is 8.36. The molecule has 6 N–H and O–H groups in total. The molecule has 13 nitrogen and oxygen atoms in total. The number of H-pyrrole nitrogens is 1. The Morgan fingerprint density at radius 1 is 1.45 bits per heavy atom. The van der Waals surface area contributed by atoms with E-state index >= 15 is 0 Å². The molecule has 3 atom stereocenters. The van der Waals surface area contributed by atoms with E-state index in [0.29, 0.717) is 23.4 Å². The van der Waals surface area contributed by atoms with Crippen LogP contribution in [-0.2, 0) is 27.1 Å². The van der Waals surface area contributed by atoms with Crippen LogP contribution in [0.2, 0.25) is 0 Å². The highest BCUT2D eigenvalue weighted by Gasteiger charge is 2.29. The van der Waals surface area contributed by atoms with E-state index in [4.69, 9.17) is 10.5 Å². The number of fused-ring (bicyclic) bond motifs is 1. The van der Waals surface area contributed by atoms with E-state index in [1.165, 1.54) is 25.2 Å². The molecule has 3 heterocycles. The molecule has 0 aromatic carbocycles. The van der Waals surface area contributed by atoms with Crippen molar-refractivity contribution in [2.45, 2.75) is 32.0 Å². The van der Waals surface area contributed by atoms with Gasteiger partial charge in [0.2, 0.25) is 0 Å². The van der Waals surface area contributed by atoms with E-state index in [1.54, 1.807) is 11.5 Å². The quantitative estimate of drug-likeness (QED) is 0.274. The number of carbonyl (C=O) groups is 1. The third-order valence-electron chi connectivity index (χ3n) is 4.05. The average molecular weight is 424 g/mol. The maximum atomic E-state index is 12.4. The van der Waals surface area contributed by atoms with Gasteiger partial charge in [-0.15, -0.1) is 0 Å². The van der Waals surface area contributed by atoms with Crippen LogP contribution in [0.25, 0.3) is 11.2 Å². The number of hydrogen-bond donors (Lipinski definition) is 5. The molecule has 29 heavy (non-hydrogen) atoms. The van der Waals surface area contributed by atoms with Crippen LogP contribution in [0, 0.1) is 0 Å². The van der Waals surface area contributed by atoms with Gasteiger partial charge in [0.1, 0.15) is 24.2 Å². The molecular formula is C15H21N8O5P. The normalized spacial score (nSPS) is 15.8. The Morgan fingerprint density at radius 2 is 2.24 bits per heavy atom. The summed E-state index contributed by atoms with van der Waals surface area (Å²) in [5.74, 6) is -1.01. The number of ether oxygens (including phenoxy) is 1. The first-order chi connectivity index (χ1) is 13.7. The predicted octanol–water partition coefficient (Wildman–Crippen LogP) is -0.0349. The highest BCUT2D eigenvalue weighted by Crippen LogP contribution is 2.36. The third-order valence-corrected chi connectivity index (χ3v) is 5.27. The number of imidazole rings is 2. The Balaban J connectivity index is 1.57. The molecule has 0 radical (unpaired) electrons. The number of nitrogen functional groups attached to an aromatic ring is 1. The van der Waals surface area contributed by atoms with Gasteiger partial charge in [-0.1, -0.05) is 0 Å². The van der Waals surface area contributed by atoms with E-state index in [-0.39, 0.29) is 12.2 Å². The SMILES string of the molecule is C[C@H](Cn1cnc2c(N)ncnc21)OCP(=O)(O)N[C@@H](Cc1cnc[nH]1)C(=O)O. The van der Waals surface area contributed by atoms with Gasteiger partial charge in [-0.25, -0.2) is 25.0 Å². The van der Waals surface area contributed by atoms with Gasteiger partial charge in [0.05, 0.1) is 25.3 Å². The first-order valence-electron chi connectivity index (χ1n) is 8.58. The fourth-order valence-electron chi connectivity index (χ4n) is 2.68. The molecule has 0 aliphatic carbocycles. The number of aromatic amines is 1. The van der Waals surface area contributed by atoms with Crippen molar-refractivity contribution in [1.82, 2.24) is 34.6 Å². The van der Waals surface area contributed by atoms with Gasteiger partial charge in [-0.05, 0) is 6.92 Å². The van der Waals surface area contributed by atoms with Gasteiger partial charge in [-0.3, -0.25) is 9.36 Å². The summed E-state index contributed by atoms with van der Waals surface area (Å²) in [7, 11) is -4.08. The van der Waals surface area contributed by atoms with Crippen LogP contribution in [0.15, 0.2) is 25.2 Å². The molecule has 0 saturated carbocycles. The zero-order chi connectivity index (χ0) is 21.0. The number of nitrogens with zero attached hydrogens (tertiary/aromatic N) is 5. The molecule has 0 aliphatic rings. The first-order valence-corrected chi connectivity index (χ1v) is 10.4. The monoisotopic (exact) mass is 424 g/mol. The Morgan fingerprint density at radius 3 is 2.93 bits per heavy atom. The fraction of sp³-hybridized carbons (Fsp3) is 0.400. The molecule has 0 bridgehead atoms. The largest absolute Gasteiger partial charge is 0.480 e. The number of aliphatic carboxylic acids is 1. The Bertz CT molecular complexity index is 1020. The van der Waals surface area contributed by atoms with Crippen molar-refractivity contribution in [1.29, 1.82) is 0 Å². The summed E-state index contributed by atoms with van der Waals surface area (Å²) in [5, 5.41) is 11.6. The molecule has 0 saturated heterocycles. The second kappa shape index (κ2) is 8.66. The number of carboxylic acid groups (broad SMARTS) is 1. The van der Waals surface area contributed by atoms with Gasteiger partial charge in [0.15, 0.2) is 11.5 Å². The maximum absolute atomic E-state index is 12.4. The molecule has 0 spiro atoms. The highest BCUT2D eigenvalue weighted by molar-refractivity contribution is 7.55. The predicted molar refractivity (Wildman–Crippen MR) is 102 cm³/mol. The van der Waals surface area contributed by atoms with Crippen LogP contribution in [0.4, 0.5) is 5.82 Å². The number of nitrogens with one attached hydrogen (secondary N) is 2. The number of hydrogen-bond acceptors (Lipinski definition) is 8. The standard InChI is InChI=1S/C15H21N8O5P/c1-9(4-23-7-21-12-13(16)19-6-20-14(12)23)28-8-29(26,27)22-11(15(24)25)2-10-3-17-5-18-10/h3,5-7,9,11H,2,4,8H2,1H3,(H,17,18)(H,24,25)(H2,16,19,20)(H2,22,26,27)/t9-,11+/m1/s1. The van der Waals surface area contributed by atoms with Crippen LogP contribution >= 0.6 is 7.52 Å². The van der Waals surface area contributed by atoms with E-state index in [9.17, 15) is 19.4 Å². The van der Waals surface area contributed by atoms with Crippen molar-refractivity contribution in [3.05, 3.63) is 30.9 Å². The number of anilines is 1. The average Bonchev–Trinajstić information content (AvgIpc) is 3.30. The fourth-order valence-corrected chi connectivity index (χ4v) is 3.90. The van der Waals surface area contributed by atoms with Crippen molar-refractivity contribution in [3.63, 3.8) is 0 Å². The Hall–Kier alpha value is -2.86. The van der Waals surface area contributed by atoms with E-state index < -0.39 is 32.0 Å². The minimum absolute atomic E-state index is 0.0302. The number of carboxylic acids is 1. The van der Waals surface area contributed by atoms with Crippen molar-refractivity contribution in [3.8, 4) is 0 Å². The van der Waals surface area contributed by atoms with E-state index in [1.807, 2.05) is 0 Å². The molecule has 0 amide bonds. The summed E-state index contributed by atoms with van der Waals surface area (Å²) in [6, 6.07) is -1.28. The number of rotatable bonds is 10. The third kappa shape index (κ3) is 5.35. The van der Waals surface area contributed by atoms with Crippen molar-refractivity contribution in [2.75, 3.05) is 12.1 Å². The zero-order valence-electron chi connectivity index (χ0n) is 15.5. The van der Waals surface area contributed by atoms with Crippen molar-refractivity contribution >= 4 is 30.5 Å². The first kappa shape index (κ1) is 20.9. The summed E-state index contributed by atoms with van der Waals surface area (Å²) in [5.41, 5.74) is 7.24. The van der Waals surface area contributed by atoms with E-state index in [2.05, 4.69) is 30.0 Å². The lowest BCUT2D eigenvalue weighted by molar-refractivity contribution is -0.139.